The van der Waals surface area contributed by atoms with Gasteiger partial charge in [0.15, 0.2) is 0 Å². The van der Waals surface area contributed by atoms with E-state index < -0.39 is 0 Å². The minimum atomic E-state index is 0.836. The summed E-state index contributed by atoms with van der Waals surface area (Å²) in [4.78, 5) is 5.89. The molecule has 0 unspecified atom stereocenters. The standard InChI is InChI=1S/C19H11N3S/c1-2-6-13-12(5-1)11-20-22-18(13)16-10-9-15-14-7-3-4-8-17(14)23-19(15)21-16/h1-11H. The van der Waals surface area contributed by atoms with Crippen molar-refractivity contribution in [2.75, 3.05) is 0 Å². The Kier molecular flexibility index (Phi) is 2.66. The molecule has 5 rings (SSSR count). The van der Waals surface area contributed by atoms with Crippen molar-refractivity contribution in [2.24, 2.45) is 0 Å². The predicted octanol–water partition coefficient (Wildman–Crippen LogP) is 5.06. The second-order valence-corrected chi connectivity index (χ2v) is 6.46. The number of pyridine rings is 1. The van der Waals surface area contributed by atoms with Crippen molar-refractivity contribution in [1.29, 1.82) is 0 Å². The summed E-state index contributed by atoms with van der Waals surface area (Å²) in [6.45, 7) is 0. The maximum Gasteiger partial charge on any atom is 0.125 e. The lowest BCUT2D eigenvalue weighted by molar-refractivity contribution is 1.05. The Labute approximate surface area is 136 Å². The van der Waals surface area contributed by atoms with Gasteiger partial charge in [-0.25, -0.2) is 4.98 Å². The Morgan fingerprint density at radius 2 is 1.57 bits per heavy atom. The lowest BCUT2D eigenvalue weighted by Gasteiger charge is -2.04. The van der Waals surface area contributed by atoms with Crippen LogP contribution in [0.1, 0.15) is 0 Å². The highest BCUT2D eigenvalue weighted by Crippen LogP contribution is 2.34. The average Bonchev–Trinajstić information content (AvgIpc) is 2.99. The molecule has 3 aromatic heterocycles. The molecule has 0 atom stereocenters. The molecule has 5 aromatic rings. The fourth-order valence-corrected chi connectivity index (χ4v) is 4.03. The van der Waals surface area contributed by atoms with Gasteiger partial charge in [0.2, 0.25) is 0 Å². The van der Waals surface area contributed by atoms with E-state index in [0.29, 0.717) is 0 Å². The van der Waals surface area contributed by atoms with Gasteiger partial charge in [-0.3, -0.25) is 0 Å². The van der Waals surface area contributed by atoms with E-state index in [1.54, 1.807) is 17.5 Å². The molecule has 0 aliphatic rings. The highest BCUT2D eigenvalue weighted by molar-refractivity contribution is 7.25. The monoisotopic (exact) mass is 313 g/mol. The lowest BCUT2D eigenvalue weighted by Crippen LogP contribution is -1.91. The van der Waals surface area contributed by atoms with Crippen molar-refractivity contribution >= 4 is 42.4 Å². The fourth-order valence-electron chi connectivity index (χ4n) is 2.95. The number of hydrogen-bond acceptors (Lipinski definition) is 4. The molecule has 3 heterocycles. The Morgan fingerprint density at radius 1 is 0.739 bits per heavy atom. The van der Waals surface area contributed by atoms with Gasteiger partial charge in [-0.1, -0.05) is 42.5 Å². The highest BCUT2D eigenvalue weighted by atomic mass is 32.1. The third-order valence-electron chi connectivity index (χ3n) is 4.06. The van der Waals surface area contributed by atoms with Crippen LogP contribution < -0.4 is 0 Å². The van der Waals surface area contributed by atoms with Gasteiger partial charge in [0, 0.05) is 26.2 Å². The number of rotatable bonds is 1. The number of aromatic nitrogens is 3. The zero-order chi connectivity index (χ0) is 15.2. The van der Waals surface area contributed by atoms with Crippen molar-refractivity contribution in [3.05, 3.63) is 66.9 Å². The van der Waals surface area contributed by atoms with Crippen LogP contribution in [0.4, 0.5) is 0 Å². The molecule has 0 amide bonds. The van der Waals surface area contributed by atoms with Gasteiger partial charge in [-0.2, -0.15) is 5.10 Å². The van der Waals surface area contributed by atoms with Crippen LogP contribution in [0.15, 0.2) is 66.9 Å². The number of benzene rings is 2. The van der Waals surface area contributed by atoms with E-state index in [1.165, 1.54) is 15.5 Å². The van der Waals surface area contributed by atoms with Crippen molar-refractivity contribution in [1.82, 2.24) is 15.2 Å². The van der Waals surface area contributed by atoms with E-state index >= 15 is 0 Å². The molecule has 108 valence electrons. The van der Waals surface area contributed by atoms with Gasteiger partial charge >= 0.3 is 0 Å². The van der Waals surface area contributed by atoms with E-state index in [1.807, 2.05) is 24.3 Å². The molecule has 0 saturated heterocycles. The number of fused-ring (bicyclic) bond motifs is 4. The first kappa shape index (κ1) is 12.7. The normalized spacial score (nSPS) is 11.5. The Morgan fingerprint density at radius 3 is 2.52 bits per heavy atom. The molecule has 0 fully saturated rings. The van der Waals surface area contributed by atoms with E-state index in [-0.39, 0.29) is 0 Å². The summed E-state index contributed by atoms with van der Waals surface area (Å²) >= 11 is 1.72. The van der Waals surface area contributed by atoms with E-state index in [2.05, 4.69) is 46.6 Å². The first-order chi connectivity index (χ1) is 11.4. The lowest BCUT2D eigenvalue weighted by atomic mass is 10.1. The summed E-state index contributed by atoms with van der Waals surface area (Å²) in [5, 5.41) is 13.1. The van der Waals surface area contributed by atoms with Gasteiger partial charge in [0.05, 0.1) is 11.9 Å². The van der Waals surface area contributed by atoms with Crippen molar-refractivity contribution in [3.63, 3.8) is 0 Å². The second-order valence-electron chi connectivity index (χ2n) is 5.43. The summed E-state index contributed by atoms with van der Waals surface area (Å²) < 4.78 is 1.26. The summed E-state index contributed by atoms with van der Waals surface area (Å²) in [6, 6.07) is 20.7. The Hall–Kier alpha value is -2.85. The SMILES string of the molecule is c1ccc2c(-c3ccc4c(n3)sc3ccccc34)nncc2c1. The minimum Gasteiger partial charge on any atom is -0.235 e. The average molecular weight is 313 g/mol. The number of nitrogens with zero attached hydrogens (tertiary/aromatic N) is 3. The van der Waals surface area contributed by atoms with Crippen LogP contribution in [0.5, 0.6) is 0 Å². The fraction of sp³-hybridized carbons (Fsp3) is 0. The van der Waals surface area contributed by atoms with Crippen molar-refractivity contribution < 1.29 is 0 Å². The van der Waals surface area contributed by atoms with Crippen LogP contribution >= 0.6 is 11.3 Å². The molecule has 0 aliphatic heterocycles. The summed E-state index contributed by atoms with van der Waals surface area (Å²) in [5.74, 6) is 0. The predicted molar refractivity (Wildman–Crippen MR) is 95.7 cm³/mol. The van der Waals surface area contributed by atoms with E-state index in [4.69, 9.17) is 4.98 Å². The molecule has 0 N–H and O–H groups in total. The second kappa shape index (κ2) is 4.83. The Balaban J connectivity index is 1.81. The molecule has 4 heteroatoms. The molecule has 0 radical (unpaired) electrons. The van der Waals surface area contributed by atoms with E-state index in [9.17, 15) is 0 Å². The number of hydrogen-bond donors (Lipinski definition) is 0. The molecule has 0 saturated carbocycles. The van der Waals surface area contributed by atoms with Crippen LogP contribution in [0.25, 0.3) is 42.5 Å². The maximum atomic E-state index is 4.85. The highest BCUT2D eigenvalue weighted by Gasteiger charge is 2.11. The third-order valence-corrected chi connectivity index (χ3v) is 5.14. The first-order valence-corrected chi connectivity index (χ1v) is 8.21. The molecular weight excluding hydrogens is 302 g/mol. The maximum absolute atomic E-state index is 4.85. The van der Waals surface area contributed by atoms with Crippen LogP contribution in [0, 0.1) is 0 Å². The van der Waals surface area contributed by atoms with Gasteiger partial charge in [-0.15, -0.1) is 16.4 Å². The first-order valence-electron chi connectivity index (χ1n) is 7.39. The quantitative estimate of drug-likeness (QED) is 0.434. The van der Waals surface area contributed by atoms with Crippen LogP contribution in [-0.2, 0) is 0 Å². The topological polar surface area (TPSA) is 38.7 Å². The van der Waals surface area contributed by atoms with Crippen molar-refractivity contribution in [3.8, 4) is 11.4 Å². The largest absolute Gasteiger partial charge is 0.235 e. The zero-order valence-corrected chi connectivity index (χ0v) is 12.9. The minimum absolute atomic E-state index is 0.836. The molecule has 2 aromatic carbocycles. The smallest absolute Gasteiger partial charge is 0.125 e. The van der Waals surface area contributed by atoms with Gasteiger partial charge in [0.25, 0.3) is 0 Å². The van der Waals surface area contributed by atoms with Crippen LogP contribution in [-0.4, -0.2) is 15.2 Å². The third kappa shape index (κ3) is 1.92. The van der Waals surface area contributed by atoms with Gasteiger partial charge in [-0.05, 0) is 18.2 Å². The molecular formula is C19H11N3S. The molecule has 23 heavy (non-hydrogen) atoms. The zero-order valence-electron chi connectivity index (χ0n) is 12.1. The molecule has 0 aliphatic carbocycles. The Bertz CT molecular complexity index is 1170. The van der Waals surface area contributed by atoms with Crippen LogP contribution in [0.3, 0.4) is 0 Å². The number of thiophene rings is 1. The molecule has 0 spiro atoms. The molecule has 0 bridgehead atoms. The molecule has 3 nitrogen and oxygen atoms in total. The van der Waals surface area contributed by atoms with E-state index in [0.717, 1.165) is 27.0 Å². The summed E-state index contributed by atoms with van der Waals surface area (Å²) in [5.41, 5.74) is 1.70. The summed E-state index contributed by atoms with van der Waals surface area (Å²) in [7, 11) is 0. The van der Waals surface area contributed by atoms with Crippen molar-refractivity contribution in [2.45, 2.75) is 0 Å². The summed E-state index contributed by atoms with van der Waals surface area (Å²) in [6.07, 6.45) is 1.79. The van der Waals surface area contributed by atoms with Gasteiger partial charge < -0.3 is 0 Å². The van der Waals surface area contributed by atoms with Gasteiger partial charge in [0.1, 0.15) is 10.5 Å². The van der Waals surface area contributed by atoms with Crippen LogP contribution in [0.2, 0.25) is 0 Å².